The summed E-state index contributed by atoms with van der Waals surface area (Å²) in [4.78, 5) is 18.9. The van der Waals surface area contributed by atoms with Crippen molar-refractivity contribution in [3.8, 4) is 11.3 Å². The zero-order chi connectivity index (χ0) is 26.3. The van der Waals surface area contributed by atoms with Gasteiger partial charge in [0.05, 0.1) is 27.6 Å². The Morgan fingerprint density at radius 2 is 1.83 bits per heavy atom. The predicted molar refractivity (Wildman–Crippen MR) is 123 cm³/mol. The maximum absolute atomic E-state index is 13.3. The SMILES string of the molecule is Cc1nc(N)sc1S(N)(=O)=O.O=C(O)c1cnn2c(C(F)(F)F)cc(-c3ccc(Cl)c(Cl)c3)nc12. The van der Waals surface area contributed by atoms with E-state index in [9.17, 15) is 26.4 Å². The average molecular weight is 569 g/mol. The molecule has 0 fully saturated rings. The molecule has 0 amide bonds. The van der Waals surface area contributed by atoms with Crippen LogP contribution in [0.2, 0.25) is 10.0 Å². The highest BCUT2D eigenvalue weighted by Gasteiger charge is 2.36. The molecule has 0 saturated heterocycles. The first kappa shape index (κ1) is 26.6. The normalized spacial score (nSPS) is 11.9. The van der Waals surface area contributed by atoms with Gasteiger partial charge in [-0.3, -0.25) is 0 Å². The second-order valence-corrected chi connectivity index (χ2v) is 10.3. The van der Waals surface area contributed by atoms with Crippen molar-refractivity contribution < 1.29 is 31.5 Å². The van der Waals surface area contributed by atoms with Crippen LogP contribution in [0.4, 0.5) is 18.3 Å². The number of rotatable bonds is 3. The van der Waals surface area contributed by atoms with Gasteiger partial charge in [-0.25, -0.2) is 32.8 Å². The van der Waals surface area contributed by atoms with E-state index in [1.165, 1.54) is 18.2 Å². The van der Waals surface area contributed by atoms with E-state index in [0.29, 0.717) is 10.2 Å². The van der Waals surface area contributed by atoms with E-state index in [2.05, 4.69) is 15.1 Å². The van der Waals surface area contributed by atoms with Crippen molar-refractivity contribution in [2.24, 2.45) is 5.14 Å². The number of anilines is 1. The van der Waals surface area contributed by atoms with Crippen LogP contribution >= 0.6 is 34.5 Å². The van der Waals surface area contributed by atoms with Crippen LogP contribution in [0.1, 0.15) is 21.7 Å². The van der Waals surface area contributed by atoms with Crippen LogP contribution in [0.25, 0.3) is 16.9 Å². The third-order valence-corrected chi connectivity index (χ3v) is 7.52. The number of thiazole rings is 1. The Balaban J connectivity index is 0.000000261. The molecule has 0 radical (unpaired) electrons. The largest absolute Gasteiger partial charge is 0.477 e. The first-order valence-corrected chi connectivity index (χ1v) is 12.1. The lowest BCUT2D eigenvalue weighted by Crippen LogP contribution is -2.14. The van der Waals surface area contributed by atoms with Crippen LogP contribution in [0.15, 0.2) is 34.7 Å². The fourth-order valence-corrected chi connectivity index (χ4v) is 4.83. The minimum Gasteiger partial charge on any atom is -0.477 e. The first-order valence-electron chi connectivity index (χ1n) is 9.00. The van der Waals surface area contributed by atoms with Gasteiger partial charge in [0.15, 0.2) is 20.7 Å². The molecule has 5 N–H and O–H groups in total. The maximum Gasteiger partial charge on any atom is 0.433 e. The molecule has 0 aliphatic rings. The summed E-state index contributed by atoms with van der Waals surface area (Å²) >= 11 is 12.5. The van der Waals surface area contributed by atoms with Gasteiger partial charge in [0.25, 0.3) is 0 Å². The number of primary sulfonamides is 1. The lowest BCUT2D eigenvalue weighted by Gasteiger charge is -2.11. The molecular weight excluding hydrogens is 556 g/mol. The summed E-state index contributed by atoms with van der Waals surface area (Å²) in [6.07, 6.45) is -3.94. The molecular formula is C18H13Cl2F3N6O4S2. The smallest absolute Gasteiger partial charge is 0.433 e. The lowest BCUT2D eigenvalue weighted by molar-refractivity contribution is -0.142. The summed E-state index contributed by atoms with van der Waals surface area (Å²) < 4.78 is 61.9. The van der Waals surface area contributed by atoms with Crippen molar-refractivity contribution in [1.82, 2.24) is 19.6 Å². The van der Waals surface area contributed by atoms with Crippen molar-refractivity contribution >= 4 is 61.3 Å². The third kappa shape index (κ3) is 5.82. The lowest BCUT2D eigenvalue weighted by atomic mass is 10.1. The number of carboxylic acids is 1. The van der Waals surface area contributed by atoms with Crippen molar-refractivity contribution in [1.29, 1.82) is 0 Å². The second kappa shape index (κ2) is 9.58. The third-order valence-electron chi connectivity index (χ3n) is 4.24. The molecule has 0 saturated carbocycles. The number of benzene rings is 1. The van der Waals surface area contributed by atoms with E-state index in [1.807, 2.05) is 0 Å². The molecule has 0 bridgehead atoms. The van der Waals surface area contributed by atoms with Gasteiger partial charge < -0.3 is 10.8 Å². The molecule has 1 aromatic carbocycles. The molecule has 3 aromatic heterocycles. The van der Waals surface area contributed by atoms with Gasteiger partial charge in [-0.05, 0) is 25.1 Å². The minimum atomic E-state index is -4.76. The molecule has 0 spiro atoms. The summed E-state index contributed by atoms with van der Waals surface area (Å²) in [6, 6.07) is 4.96. The number of hydrogen-bond donors (Lipinski definition) is 3. The topological polar surface area (TPSA) is 167 Å². The summed E-state index contributed by atoms with van der Waals surface area (Å²) in [5, 5.41) is 18.0. The Hall–Kier alpha value is -2.98. The van der Waals surface area contributed by atoms with Crippen molar-refractivity contribution in [3.05, 3.63) is 57.5 Å². The van der Waals surface area contributed by atoms with Gasteiger partial charge in [0, 0.05) is 5.56 Å². The second-order valence-electron chi connectivity index (χ2n) is 6.72. The number of sulfonamides is 1. The van der Waals surface area contributed by atoms with Crippen LogP contribution < -0.4 is 10.9 Å². The van der Waals surface area contributed by atoms with Crippen LogP contribution in [0, 0.1) is 6.92 Å². The Morgan fingerprint density at radius 1 is 1.17 bits per heavy atom. The molecule has 3 heterocycles. The Kier molecular flexibility index (Phi) is 7.29. The summed E-state index contributed by atoms with van der Waals surface area (Å²) in [6.45, 7) is 1.55. The molecule has 4 rings (SSSR count). The molecule has 0 unspecified atom stereocenters. The predicted octanol–water partition coefficient (Wildman–Crippen LogP) is 4.10. The molecule has 4 aromatic rings. The van der Waals surface area contributed by atoms with E-state index < -0.39 is 39.1 Å². The van der Waals surface area contributed by atoms with Crippen LogP contribution in [0.3, 0.4) is 0 Å². The summed E-state index contributed by atoms with van der Waals surface area (Å²) in [5.41, 5.74) is 3.77. The monoisotopic (exact) mass is 568 g/mol. The zero-order valence-corrected chi connectivity index (χ0v) is 20.4. The summed E-state index contributed by atoms with van der Waals surface area (Å²) in [7, 11) is -3.64. The van der Waals surface area contributed by atoms with E-state index in [4.69, 9.17) is 39.2 Å². The Labute approximate surface area is 209 Å². The fourth-order valence-electron chi connectivity index (χ4n) is 2.79. The van der Waals surface area contributed by atoms with E-state index in [0.717, 1.165) is 23.6 Å². The maximum atomic E-state index is 13.3. The fraction of sp³-hybridized carbons (Fsp3) is 0.111. The number of halogens is 5. The average Bonchev–Trinajstić information content (AvgIpc) is 3.31. The highest BCUT2D eigenvalue weighted by molar-refractivity contribution is 7.91. The number of fused-ring (bicyclic) bond motifs is 1. The number of carbonyl (C=O) groups is 1. The molecule has 0 aliphatic heterocycles. The van der Waals surface area contributed by atoms with Crippen LogP contribution in [-0.4, -0.2) is 39.1 Å². The molecule has 35 heavy (non-hydrogen) atoms. The molecule has 0 aliphatic carbocycles. The molecule has 0 atom stereocenters. The number of nitrogen functional groups attached to an aromatic ring is 1. The number of aromatic nitrogens is 4. The van der Waals surface area contributed by atoms with Crippen molar-refractivity contribution in [3.63, 3.8) is 0 Å². The van der Waals surface area contributed by atoms with Gasteiger partial charge in [0.1, 0.15) is 5.56 Å². The molecule has 10 nitrogen and oxygen atoms in total. The number of hydrogen-bond acceptors (Lipinski definition) is 8. The van der Waals surface area contributed by atoms with Gasteiger partial charge in [-0.15, -0.1) is 0 Å². The number of alkyl halides is 3. The molecule has 186 valence electrons. The van der Waals surface area contributed by atoms with Crippen molar-refractivity contribution in [2.75, 3.05) is 5.73 Å². The van der Waals surface area contributed by atoms with Gasteiger partial charge >= 0.3 is 12.1 Å². The number of carboxylic acid groups (broad SMARTS) is 1. The van der Waals surface area contributed by atoms with E-state index >= 15 is 0 Å². The van der Waals surface area contributed by atoms with Gasteiger partial charge in [-0.2, -0.15) is 18.3 Å². The standard InChI is InChI=1S/C14H6Cl2F3N3O2.C4H7N3O2S2/c15-8-2-1-6(3-9(8)16)10-4-11(14(17,18)19)22-12(21-10)7(5-20-22)13(23)24;1-2-3(11(6,8)9)10-4(5)7-2/h1-5H,(H,23,24);1H3,(H2,5,7)(H2,6,8,9). The van der Waals surface area contributed by atoms with Crippen molar-refractivity contribution in [2.45, 2.75) is 17.3 Å². The Bertz CT molecular complexity index is 1550. The quantitative estimate of drug-likeness (QED) is 0.332. The highest BCUT2D eigenvalue weighted by atomic mass is 35.5. The highest BCUT2D eigenvalue weighted by Crippen LogP contribution is 2.34. The van der Waals surface area contributed by atoms with Crippen LogP contribution in [0.5, 0.6) is 0 Å². The Morgan fingerprint density at radius 3 is 2.29 bits per heavy atom. The van der Waals surface area contributed by atoms with Crippen LogP contribution in [-0.2, 0) is 16.2 Å². The minimum absolute atomic E-state index is 0.0370. The first-order chi connectivity index (χ1) is 16.1. The van der Waals surface area contributed by atoms with Gasteiger partial charge in [0.2, 0.25) is 10.0 Å². The number of nitrogens with two attached hydrogens (primary N) is 2. The van der Waals surface area contributed by atoms with Gasteiger partial charge in [-0.1, -0.05) is 40.6 Å². The van der Waals surface area contributed by atoms with E-state index in [-0.39, 0.29) is 30.6 Å². The summed E-state index contributed by atoms with van der Waals surface area (Å²) in [5.74, 6) is -1.43. The number of aromatic carboxylic acids is 1. The number of aryl methyl sites for hydroxylation is 1. The number of nitrogens with zero attached hydrogens (tertiary/aromatic N) is 4. The zero-order valence-electron chi connectivity index (χ0n) is 17.2. The molecule has 17 heteroatoms. The van der Waals surface area contributed by atoms with E-state index in [1.54, 1.807) is 6.92 Å².